The van der Waals surface area contributed by atoms with Crippen LogP contribution in [0.15, 0.2) is 48.0 Å². The number of hydrogen-bond acceptors (Lipinski definition) is 6. The van der Waals surface area contributed by atoms with E-state index in [0.29, 0.717) is 23.1 Å². The first-order chi connectivity index (χ1) is 14.8. The van der Waals surface area contributed by atoms with Gasteiger partial charge in [-0.1, -0.05) is 6.07 Å². The van der Waals surface area contributed by atoms with Gasteiger partial charge in [-0.15, -0.1) is 11.3 Å². The van der Waals surface area contributed by atoms with Crippen molar-refractivity contribution in [3.8, 4) is 22.3 Å². The van der Waals surface area contributed by atoms with E-state index in [1.807, 2.05) is 17.5 Å². The van der Waals surface area contributed by atoms with Crippen molar-refractivity contribution in [2.45, 2.75) is 6.18 Å². The Balaban J connectivity index is 1.40. The van der Waals surface area contributed by atoms with Crippen LogP contribution in [0, 0.1) is 0 Å². The first-order valence-corrected chi connectivity index (χ1v) is 9.90. The van der Waals surface area contributed by atoms with Crippen molar-refractivity contribution in [3.05, 3.63) is 59.1 Å². The number of aromatic nitrogens is 3. The van der Waals surface area contributed by atoms with Gasteiger partial charge >= 0.3 is 6.18 Å². The average Bonchev–Trinajstić information content (AvgIpc) is 3.41. The topological polar surface area (TPSA) is 100 Å². The lowest BCUT2D eigenvalue weighted by atomic mass is 10.1. The summed E-state index contributed by atoms with van der Waals surface area (Å²) in [5, 5.41) is 14.6. The summed E-state index contributed by atoms with van der Waals surface area (Å²) in [5.74, 6) is 0.0937. The van der Waals surface area contributed by atoms with Crippen molar-refractivity contribution >= 4 is 28.3 Å². The summed E-state index contributed by atoms with van der Waals surface area (Å²) in [6.07, 6.45) is -3.78. The predicted octanol–water partition coefficient (Wildman–Crippen LogP) is 4.22. The van der Waals surface area contributed by atoms with Crippen molar-refractivity contribution in [1.82, 2.24) is 20.3 Å². The van der Waals surface area contributed by atoms with E-state index in [1.165, 1.54) is 23.5 Å². The zero-order chi connectivity index (χ0) is 22.0. The fourth-order valence-electron chi connectivity index (χ4n) is 2.84. The van der Waals surface area contributed by atoms with Gasteiger partial charge < -0.3 is 20.1 Å². The highest BCUT2D eigenvalue weighted by atomic mass is 32.1. The summed E-state index contributed by atoms with van der Waals surface area (Å²) < 4.78 is 42.9. The van der Waals surface area contributed by atoms with Crippen LogP contribution in [0.1, 0.15) is 15.9 Å². The summed E-state index contributed by atoms with van der Waals surface area (Å²) in [6, 6.07) is 8.58. The number of pyridine rings is 1. The number of imidazole rings is 1. The number of aromatic hydroxyl groups is 1. The van der Waals surface area contributed by atoms with Gasteiger partial charge in [0.15, 0.2) is 0 Å². The molecule has 0 unspecified atom stereocenters. The Labute approximate surface area is 177 Å². The molecule has 0 aliphatic carbocycles. The van der Waals surface area contributed by atoms with Crippen molar-refractivity contribution < 1.29 is 27.8 Å². The number of aromatic amines is 1. The number of H-pyrrole nitrogens is 1. The standard InChI is InChI=1S/C20H15F3N4O3S/c21-20(22,23)11-3-6-15(25-10-11)30-8-7-24-19(29)12-4-5-13(28)17-16(12)26-18(27-17)14-2-1-9-31-14/h1-6,9-10,28H,7-8H2,(H,24,29)(H,26,27). The highest BCUT2D eigenvalue weighted by Crippen LogP contribution is 2.31. The summed E-state index contributed by atoms with van der Waals surface area (Å²) in [6.45, 7) is 0.0957. The highest BCUT2D eigenvalue weighted by Gasteiger charge is 2.30. The minimum atomic E-state index is -4.47. The molecule has 1 aromatic carbocycles. The summed E-state index contributed by atoms with van der Waals surface area (Å²) in [7, 11) is 0. The van der Waals surface area contributed by atoms with Crippen LogP contribution in [-0.4, -0.2) is 39.1 Å². The number of thiophene rings is 1. The van der Waals surface area contributed by atoms with E-state index in [-0.39, 0.29) is 30.3 Å². The molecule has 0 saturated carbocycles. The Kier molecular flexibility index (Phi) is 5.51. The second-order valence-corrected chi connectivity index (χ2v) is 7.35. The second kappa shape index (κ2) is 8.26. The summed E-state index contributed by atoms with van der Waals surface area (Å²) >= 11 is 1.47. The molecule has 1 amide bonds. The van der Waals surface area contributed by atoms with E-state index in [0.717, 1.165) is 17.0 Å². The van der Waals surface area contributed by atoms with Crippen molar-refractivity contribution in [3.63, 3.8) is 0 Å². The third kappa shape index (κ3) is 4.45. The summed E-state index contributed by atoms with van der Waals surface area (Å²) in [5.41, 5.74) is 0.0670. The monoisotopic (exact) mass is 448 g/mol. The van der Waals surface area contributed by atoms with Crippen molar-refractivity contribution in [2.24, 2.45) is 0 Å². The molecule has 11 heteroatoms. The van der Waals surface area contributed by atoms with Gasteiger partial charge in [0.25, 0.3) is 5.91 Å². The number of amides is 1. The van der Waals surface area contributed by atoms with Gasteiger partial charge in [0, 0.05) is 12.3 Å². The largest absolute Gasteiger partial charge is 0.506 e. The number of nitrogens with one attached hydrogen (secondary N) is 2. The van der Waals surface area contributed by atoms with E-state index >= 15 is 0 Å². The molecule has 0 saturated heterocycles. The van der Waals surface area contributed by atoms with Crippen LogP contribution in [-0.2, 0) is 6.18 Å². The molecule has 0 fully saturated rings. The Morgan fingerprint density at radius 1 is 1.23 bits per heavy atom. The van der Waals surface area contributed by atoms with Crippen LogP contribution in [0.4, 0.5) is 13.2 Å². The van der Waals surface area contributed by atoms with E-state index in [1.54, 1.807) is 0 Å². The molecule has 3 N–H and O–H groups in total. The normalized spacial score (nSPS) is 11.6. The number of halogens is 3. The first-order valence-electron chi connectivity index (χ1n) is 9.03. The molecule has 0 atom stereocenters. The molecule has 0 aliphatic rings. The molecule has 0 radical (unpaired) electrons. The fraction of sp³-hybridized carbons (Fsp3) is 0.150. The molecule has 4 aromatic rings. The zero-order valence-electron chi connectivity index (χ0n) is 15.7. The molecule has 160 valence electrons. The molecule has 3 aromatic heterocycles. The zero-order valence-corrected chi connectivity index (χ0v) is 16.5. The number of hydrogen-bond donors (Lipinski definition) is 3. The maximum absolute atomic E-state index is 12.6. The minimum Gasteiger partial charge on any atom is -0.506 e. The summed E-state index contributed by atoms with van der Waals surface area (Å²) in [4.78, 5) is 24.5. The highest BCUT2D eigenvalue weighted by molar-refractivity contribution is 7.13. The van der Waals surface area contributed by atoms with Gasteiger partial charge in [-0.25, -0.2) is 9.97 Å². The number of alkyl halides is 3. The molecule has 7 nitrogen and oxygen atoms in total. The minimum absolute atomic E-state index is 0.00629. The molecular formula is C20H15F3N4O3S. The first kappa shape index (κ1) is 20.7. The number of nitrogens with zero attached hydrogens (tertiary/aromatic N) is 2. The van der Waals surface area contributed by atoms with E-state index < -0.39 is 17.6 Å². The van der Waals surface area contributed by atoms with Crippen LogP contribution < -0.4 is 10.1 Å². The molecular weight excluding hydrogens is 433 g/mol. The molecule has 3 heterocycles. The van der Waals surface area contributed by atoms with Crippen LogP contribution in [0.3, 0.4) is 0 Å². The number of ether oxygens (including phenoxy) is 1. The number of rotatable bonds is 6. The Morgan fingerprint density at radius 3 is 2.74 bits per heavy atom. The van der Waals surface area contributed by atoms with E-state index in [2.05, 4.69) is 20.3 Å². The smallest absolute Gasteiger partial charge is 0.417 e. The molecule has 0 aliphatic heterocycles. The van der Waals surface area contributed by atoms with Crippen molar-refractivity contribution in [1.29, 1.82) is 0 Å². The van der Waals surface area contributed by atoms with Gasteiger partial charge in [-0.3, -0.25) is 4.79 Å². The van der Waals surface area contributed by atoms with Gasteiger partial charge in [0.05, 0.1) is 22.5 Å². The second-order valence-electron chi connectivity index (χ2n) is 6.41. The lowest BCUT2D eigenvalue weighted by molar-refractivity contribution is -0.137. The van der Waals surface area contributed by atoms with Gasteiger partial charge in [-0.2, -0.15) is 13.2 Å². The lowest BCUT2D eigenvalue weighted by Crippen LogP contribution is -2.28. The van der Waals surface area contributed by atoms with Gasteiger partial charge in [0.2, 0.25) is 5.88 Å². The van der Waals surface area contributed by atoms with E-state index in [4.69, 9.17) is 4.74 Å². The van der Waals surface area contributed by atoms with Crippen LogP contribution in [0.2, 0.25) is 0 Å². The Bertz CT molecular complexity index is 1210. The van der Waals surface area contributed by atoms with Gasteiger partial charge in [-0.05, 0) is 29.6 Å². The number of fused-ring (bicyclic) bond motifs is 1. The van der Waals surface area contributed by atoms with Crippen LogP contribution in [0.5, 0.6) is 11.6 Å². The van der Waals surface area contributed by atoms with E-state index in [9.17, 15) is 23.1 Å². The third-order valence-electron chi connectivity index (χ3n) is 4.32. The number of phenolic OH excluding ortho intramolecular Hbond substituents is 1. The SMILES string of the molecule is O=C(NCCOc1ccc(C(F)(F)F)cn1)c1ccc(O)c2[nH]c(-c3cccs3)nc12. The molecule has 0 spiro atoms. The predicted molar refractivity (Wildman–Crippen MR) is 108 cm³/mol. The average molecular weight is 448 g/mol. The number of carbonyl (C=O) groups is 1. The maximum Gasteiger partial charge on any atom is 0.417 e. The van der Waals surface area contributed by atoms with Crippen LogP contribution in [0.25, 0.3) is 21.7 Å². The van der Waals surface area contributed by atoms with Gasteiger partial charge in [0.1, 0.15) is 29.2 Å². The fourth-order valence-corrected chi connectivity index (χ4v) is 3.51. The third-order valence-corrected chi connectivity index (χ3v) is 5.20. The number of phenols is 1. The van der Waals surface area contributed by atoms with Crippen molar-refractivity contribution in [2.75, 3.05) is 13.2 Å². The molecule has 0 bridgehead atoms. The maximum atomic E-state index is 12.6. The molecule has 31 heavy (non-hydrogen) atoms. The Hall–Kier alpha value is -3.60. The number of carbonyl (C=O) groups excluding carboxylic acids is 1. The number of benzene rings is 1. The quantitative estimate of drug-likeness (QED) is 0.384. The molecule has 4 rings (SSSR count). The Morgan fingerprint density at radius 2 is 2.06 bits per heavy atom. The van der Waals surface area contributed by atoms with Crippen LogP contribution >= 0.6 is 11.3 Å². The lowest BCUT2D eigenvalue weighted by Gasteiger charge is -2.09.